The molecule has 116 valence electrons. The number of thiophene rings is 1. The van der Waals surface area contributed by atoms with Crippen LogP contribution in [0.5, 0.6) is 0 Å². The van der Waals surface area contributed by atoms with Crippen LogP contribution in [0, 0.1) is 5.92 Å². The van der Waals surface area contributed by atoms with E-state index in [-0.39, 0.29) is 0 Å². The molecule has 0 saturated carbocycles. The van der Waals surface area contributed by atoms with Gasteiger partial charge in [0.1, 0.15) is 12.1 Å². The van der Waals surface area contributed by atoms with Gasteiger partial charge in [0.05, 0.1) is 6.42 Å². The fourth-order valence-corrected chi connectivity index (χ4v) is 3.64. The molecule has 2 nitrogen and oxygen atoms in total. The number of halogens is 4. The Morgan fingerprint density at radius 3 is 2.32 bits per heavy atom. The van der Waals surface area contributed by atoms with Crippen molar-refractivity contribution >= 4 is 22.9 Å². The highest BCUT2D eigenvalue weighted by atomic mass is 35.5. The van der Waals surface area contributed by atoms with E-state index < -0.39 is 30.6 Å². The van der Waals surface area contributed by atoms with Crippen molar-refractivity contribution in [1.82, 2.24) is 0 Å². The van der Waals surface area contributed by atoms with Crippen LogP contribution in [0.3, 0.4) is 0 Å². The van der Waals surface area contributed by atoms with Gasteiger partial charge in [-0.2, -0.15) is 23.4 Å². The molecule has 0 radical (unpaired) electrons. The van der Waals surface area contributed by atoms with Gasteiger partial charge in [0, 0.05) is 15.8 Å². The molecule has 22 heavy (non-hydrogen) atoms. The average molecular weight is 345 g/mol. The van der Waals surface area contributed by atoms with E-state index in [9.17, 15) is 13.2 Å². The van der Waals surface area contributed by atoms with Gasteiger partial charge >= 0.3 is 6.18 Å². The molecule has 3 atom stereocenters. The largest absolute Gasteiger partial charge is 0.389 e. The van der Waals surface area contributed by atoms with Crippen LogP contribution in [-0.4, -0.2) is 6.18 Å². The van der Waals surface area contributed by atoms with Gasteiger partial charge in [-0.3, -0.25) is 0 Å². The molecule has 2 heterocycles. The van der Waals surface area contributed by atoms with Gasteiger partial charge in [-0.1, -0.05) is 29.8 Å². The minimum Gasteiger partial charge on any atom is -0.185 e. The quantitative estimate of drug-likeness (QED) is 0.631. The molecular formula is C15H12ClF3N2S. The summed E-state index contributed by atoms with van der Waals surface area (Å²) in [6, 6.07) is 9.24. The Kier molecular flexibility index (Phi) is 4.23. The molecule has 2 aromatic rings. The molecule has 3 rings (SSSR count). The molecule has 0 saturated heterocycles. The van der Waals surface area contributed by atoms with Crippen molar-refractivity contribution < 1.29 is 13.2 Å². The summed E-state index contributed by atoms with van der Waals surface area (Å²) in [5.74, 6) is -0.722. The fourth-order valence-electron chi connectivity index (χ4n) is 2.68. The first-order chi connectivity index (χ1) is 10.4. The summed E-state index contributed by atoms with van der Waals surface area (Å²) in [5.41, 5.74) is 0.710. The van der Waals surface area contributed by atoms with Gasteiger partial charge in [0.2, 0.25) is 0 Å². The lowest BCUT2D eigenvalue weighted by Gasteiger charge is -2.23. The van der Waals surface area contributed by atoms with Crippen molar-refractivity contribution in [3.8, 4) is 0 Å². The molecule has 7 heteroatoms. The Balaban J connectivity index is 1.92. The second-order valence-corrected chi connectivity index (χ2v) is 6.59. The summed E-state index contributed by atoms with van der Waals surface area (Å²) >= 11 is 7.25. The minimum absolute atomic E-state index is 0.540. The maximum absolute atomic E-state index is 13.0. The highest BCUT2D eigenvalue weighted by Crippen LogP contribution is 2.49. The molecule has 1 aliphatic rings. The van der Waals surface area contributed by atoms with Crippen LogP contribution in [0.15, 0.2) is 52.0 Å². The van der Waals surface area contributed by atoms with Crippen LogP contribution in [0.4, 0.5) is 13.2 Å². The van der Waals surface area contributed by atoms with E-state index in [4.69, 9.17) is 11.6 Å². The third-order valence-corrected chi connectivity index (χ3v) is 4.83. The Hall–Kier alpha value is -1.40. The SMILES string of the molecule is FC(F)(F)CC1C(c2ccc(Cl)cc2)N=NC1c1cccs1. The number of hydrogen-bond acceptors (Lipinski definition) is 3. The lowest BCUT2D eigenvalue weighted by atomic mass is 9.85. The lowest BCUT2D eigenvalue weighted by molar-refractivity contribution is -0.146. The molecular weight excluding hydrogens is 333 g/mol. The van der Waals surface area contributed by atoms with Gasteiger partial charge in [-0.25, -0.2) is 0 Å². The predicted octanol–water partition coefficient (Wildman–Crippen LogP) is 6.22. The minimum atomic E-state index is -4.25. The number of rotatable bonds is 3. The highest BCUT2D eigenvalue weighted by molar-refractivity contribution is 7.10. The summed E-state index contributed by atoms with van der Waals surface area (Å²) in [4.78, 5) is 0.814. The van der Waals surface area contributed by atoms with Crippen molar-refractivity contribution in [1.29, 1.82) is 0 Å². The van der Waals surface area contributed by atoms with Crippen LogP contribution in [0.1, 0.15) is 28.9 Å². The van der Waals surface area contributed by atoms with Gasteiger partial charge in [-0.15, -0.1) is 11.3 Å². The average Bonchev–Trinajstić information content (AvgIpc) is 3.07. The van der Waals surface area contributed by atoms with Crippen LogP contribution in [-0.2, 0) is 0 Å². The zero-order chi connectivity index (χ0) is 15.7. The van der Waals surface area contributed by atoms with Gasteiger partial charge in [-0.05, 0) is 29.1 Å². The maximum atomic E-state index is 13.0. The molecule has 0 aliphatic carbocycles. The van der Waals surface area contributed by atoms with E-state index in [1.807, 2.05) is 17.5 Å². The summed E-state index contributed by atoms with van der Waals surface area (Å²) < 4.78 is 38.9. The van der Waals surface area contributed by atoms with Crippen molar-refractivity contribution in [2.75, 3.05) is 0 Å². The van der Waals surface area contributed by atoms with Crippen LogP contribution in [0.25, 0.3) is 0 Å². The van der Waals surface area contributed by atoms with Crippen LogP contribution in [0.2, 0.25) is 5.02 Å². The zero-order valence-corrected chi connectivity index (χ0v) is 12.9. The Morgan fingerprint density at radius 2 is 1.73 bits per heavy atom. The molecule has 0 fully saturated rings. The normalized spacial score (nSPS) is 24.8. The first-order valence-corrected chi connectivity index (χ1v) is 7.95. The van der Waals surface area contributed by atoms with Gasteiger partial charge in [0.15, 0.2) is 0 Å². The van der Waals surface area contributed by atoms with E-state index in [2.05, 4.69) is 10.2 Å². The number of alkyl halides is 3. The monoisotopic (exact) mass is 344 g/mol. The van der Waals surface area contributed by atoms with Crippen molar-refractivity contribution in [3.63, 3.8) is 0 Å². The second-order valence-electron chi connectivity index (χ2n) is 5.17. The first-order valence-electron chi connectivity index (χ1n) is 6.69. The lowest BCUT2D eigenvalue weighted by Crippen LogP contribution is -2.21. The van der Waals surface area contributed by atoms with E-state index in [1.54, 1.807) is 24.3 Å². The molecule has 0 spiro atoms. The number of hydrogen-bond donors (Lipinski definition) is 0. The third-order valence-electron chi connectivity index (χ3n) is 3.64. The number of azo groups is 1. The van der Waals surface area contributed by atoms with E-state index in [0.29, 0.717) is 10.6 Å². The predicted molar refractivity (Wildman–Crippen MR) is 80.3 cm³/mol. The summed E-state index contributed by atoms with van der Waals surface area (Å²) in [6.07, 6.45) is -5.16. The molecule has 1 aromatic carbocycles. The van der Waals surface area contributed by atoms with Crippen LogP contribution < -0.4 is 0 Å². The van der Waals surface area contributed by atoms with Gasteiger partial charge in [0.25, 0.3) is 0 Å². The zero-order valence-electron chi connectivity index (χ0n) is 11.3. The maximum Gasteiger partial charge on any atom is 0.389 e. The van der Waals surface area contributed by atoms with Crippen molar-refractivity contribution in [2.45, 2.75) is 24.7 Å². The van der Waals surface area contributed by atoms with Crippen molar-refractivity contribution in [2.24, 2.45) is 16.1 Å². The Bertz CT molecular complexity index is 652. The molecule has 3 unspecified atom stereocenters. The summed E-state index contributed by atoms with van der Waals surface area (Å²) in [6.45, 7) is 0. The van der Waals surface area contributed by atoms with E-state index >= 15 is 0 Å². The highest BCUT2D eigenvalue weighted by Gasteiger charge is 2.44. The summed E-state index contributed by atoms with van der Waals surface area (Å²) in [5, 5.41) is 10.6. The van der Waals surface area contributed by atoms with Crippen molar-refractivity contribution in [3.05, 3.63) is 57.2 Å². The molecule has 0 bridgehead atoms. The Morgan fingerprint density at radius 1 is 1.05 bits per heavy atom. The smallest absolute Gasteiger partial charge is 0.185 e. The third kappa shape index (κ3) is 3.33. The standard InChI is InChI=1S/C15H12ClF3N2S/c16-10-5-3-9(4-6-10)13-11(8-15(17,18)19)14(21-20-13)12-2-1-7-22-12/h1-7,11,13-14H,8H2. The molecule has 0 N–H and O–H groups in total. The molecule has 0 amide bonds. The topological polar surface area (TPSA) is 24.7 Å². The van der Waals surface area contributed by atoms with E-state index in [1.165, 1.54) is 11.3 Å². The number of nitrogens with zero attached hydrogens (tertiary/aromatic N) is 2. The molecule has 1 aliphatic heterocycles. The van der Waals surface area contributed by atoms with E-state index in [0.717, 1.165) is 4.88 Å². The second kappa shape index (κ2) is 6.01. The van der Waals surface area contributed by atoms with Gasteiger partial charge < -0.3 is 0 Å². The molecule has 1 aromatic heterocycles. The Labute approximate surface area is 134 Å². The first kappa shape index (κ1) is 15.5. The number of benzene rings is 1. The summed E-state index contributed by atoms with van der Waals surface area (Å²) in [7, 11) is 0. The van der Waals surface area contributed by atoms with Crippen LogP contribution >= 0.6 is 22.9 Å². The fraction of sp³-hybridized carbons (Fsp3) is 0.333.